The summed E-state index contributed by atoms with van der Waals surface area (Å²) >= 11 is 8.46. The fraction of sp³-hybridized carbons (Fsp3) is 0. The average molecular weight is 337 g/mol. The molecule has 1 amide bonds. The zero-order chi connectivity index (χ0) is 14.8. The van der Waals surface area contributed by atoms with Gasteiger partial charge in [0.2, 0.25) is 0 Å². The molecule has 2 heterocycles. The van der Waals surface area contributed by atoms with E-state index in [0.29, 0.717) is 15.7 Å². The fourth-order valence-corrected chi connectivity index (χ4v) is 3.21. The second kappa shape index (κ2) is 6.01. The van der Waals surface area contributed by atoms with Crippen LogP contribution in [0.4, 0.5) is 0 Å². The van der Waals surface area contributed by atoms with Crippen molar-refractivity contribution in [1.29, 1.82) is 0 Å². The number of carbonyl (C=O) groups is 1. The van der Waals surface area contributed by atoms with E-state index in [-0.39, 0.29) is 11.1 Å². The highest BCUT2D eigenvalue weighted by Gasteiger charge is 2.20. The highest BCUT2D eigenvalue weighted by atomic mass is 35.5. The molecule has 21 heavy (non-hydrogen) atoms. The molecule has 0 fully saturated rings. The molecular formula is C14H9ClN2O2S2. The van der Waals surface area contributed by atoms with E-state index in [0.717, 1.165) is 21.7 Å². The summed E-state index contributed by atoms with van der Waals surface area (Å²) in [5, 5.41) is 1.68. The summed E-state index contributed by atoms with van der Waals surface area (Å²) in [7, 11) is 0. The van der Waals surface area contributed by atoms with Crippen LogP contribution in [-0.2, 0) is 4.79 Å². The summed E-state index contributed by atoms with van der Waals surface area (Å²) in [6, 6.07) is 11.1. The van der Waals surface area contributed by atoms with Gasteiger partial charge in [-0.15, -0.1) is 0 Å². The van der Waals surface area contributed by atoms with E-state index in [1.807, 2.05) is 30.3 Å². The highest BCUT2D eigenvalue weighted by molar-refractivity contribution is 8.18. The molecule has 0 radical (unpaired) electrons. The molecule has 2 aromatic rings. The smallest absolute Gasteiger partial charge is 0.286 e. The first kappa shape index (κ1) is 14.3. The first-order chi connectivity index (χ1) is 10.1. The molecule has 1 aliphatic heterocycles. The van der Waals surface area contributed by atoms with Crippen molar-refractivity contribution in [2.45, 2.75) is 9.99 Å². The lowest BCUT2D eigenvalue weighted by molar-refractivity contribution is -0.113. The largest absolute Gasteiger partial charge is 0.450 e. The van der Waals surface area contributed by atoms with Gasteiger partial charge < -0.3 is 10.2 Å². The fourth-order valence-electron chi connectivity index (χ4n) is 1.64. The van der Waals surface area contributed by atoms with Crippen molar-refractivity contribution in [3.8, 4) is 0 Å². The van der Waals surface area contributed by atoms with E-state index in [1.54, 1.807) is 12.1 Å². The van der Waals surface area contributed by atoms with Crippen LogP contribution in [0.3, 0.4) is 0 Å². The monoisotopic (exact) mass is 336 g/mol. The van der Waals surface area contributed by atoms with E-state index in [4.69, 9.17) is 21.8 Å². The van der Waals surface area contributed by atoms with Crippen molar-refractivity contribution >= 4 is 52.3 Å². The molecule has 1 aromatic carbocycles. The van der Waals surface area contributed by atoms with Gasteiger partial charge in [-0.05, 0) is 48.2 Å². The van der Waals surface area contributed by atoms with Crippen LogP contribution in [0.1, 0.15) is 5.76 Å². The quantitative estimate of drug-likeness (QED) is 0.857. The number of hydrogen-bond acceptors (Lipinski definition) is 5. The third-order valence-electron chi connectivity index (χ3n) is 2.54. The van der Waals surface area contributed by atoms with Gasteiger partial charge in [-0.3, -0.25) is 4.79 Å². The summed E-state index contributed by atoms with van der Waals surface area (Å²) in [6.07, 6.45) is 1.64. The molecule has 0 unspecified atom stereocenters. The number of amides is 1. The lowest BCUT2D eigenvalue weighted by atomic mass is 10.4. The van der Waals surface area contributed by atoms with Gasteiger partial charge >= 0.3 is 0 Å². The van der Waals surface area contributed by atoms with Crippen LogP contribution in [0.15, 0.2) is 60.7 Å². The first-order valence-corrected chi connectivity index (χ1v) is 7.92. The number of carbonyl (C=O) groups excluding carboxylic acids is 1. The van der Waals surface area contributed by atoms with Gasteiger partial charge in [-0.1, -0.05) is 23.4 Å². The van der Waals surface area contributed by atoms with Gasteiger partial charge in [0.05, 0.1) is 4.91 Å². The maximum absolute atomic E-state index is 11.5. The van der Waals surface area contributed by atoms with Crippen LogP contribution < -0.4 is 5.73 Å². The number of hydrogen-bond donors (Lipinski definition) is 1. The van der Waals surface area contributed by atoms with Crippen LogP contribution in [-0.4, -0.2) is 11.1 Å². The Labute approximate surface area is 134 Å². The van der Waals surface area contributed by atoms with Crippen LogP contribution in [0, 0.1) is 0 Å². The number of nitrogens with two attached hydrogens (primary N) is 1. The van der Waals surface area contributed by atoms with E-state index in [2.05, 4.69) is 4.99 Å². The number of halogens is 1. The second-order valence-electron chi connectivity index (χ2n) is 4.08. The molecule has 1 aromatic heterocycles. The molecule has 0 atom stereocenters. The Morgan fingerprint density at radius 2 is 2.00 bits per heavy atom. The lowest BCUT2D eigenvalue weighted by Crippen LogP contribution is -2.01. The molecule has 2 N–H and O–H groups in total. The highest BCUT2D eigenvalue weighted by Crippen LogP contribution is 2.32. The molecule has 7 heteroatoms. The summed E-state index contributed by atoms with van der Waals surface area (Å²) in [6.45, 7) is 0. The predicted molar refractivity (Wildman–Crippen MR) is 86.5 cm³/mol. The molecule has 1 aliphatic rings. The van der Waals surface area contributed by atoms with Gasteiger partial charge in [0.25, 0.3) is 5.91 Å². The molecule has 4 nitrogen and oxygen atoms in total. The van der Waals surface area contributed by atoms with Gasteiger partial charge in [0, 0.05) is 16.0 Å². The SMILES string of the molecule is NC1=NC(=O)/C(=C\c2ccc(Sc3ccc(Cl)cc3)o2)S1. The van der Waals surface area contributed by atoms with Crippen LogP contribution in [0.5, 0.6) is 0 Å². The maximum Gasteiger partial charge on any atom is 0.286 e. The van der Waals surface area contributed by atoms with E-state index in [1.165, 1.54) is 11.8 Å². The van der Waals surface area contributed by atoms with Gasteiger partial charge in [-0.25, -0.2) is 0 Å². The van der Waals surface area contributed by atoms with Crippen molar-refractivity contribution in [3.05, 3.63) is 52.1 Å². The molecule has 0 saturated carbocycles. The number of thioether (sulfide) groups is 1. The second-order valence-corrected chi connectivity index (χ2v) is 6.66. The van der Waals surface area contributed by atoms with Gasteiger partial charge in [-0.2, -0.15) is 4.99 Å². The van der Waals surface area contributed by atoms with Crippen LogP contribution >= 0.6 is 35.1 Å². The Bertz CT molecular complexity index is 751. The normalized spacial score (nSPS) is 16.5. The van der Waals surface area contributed by atoms with Crippen molar-refractivity contribution in [3.63, 3.8) is 0 Å². The number of benzene rings is 1. The summed E-state index contributed by atoms with van der Waals surface area (Å²) in [5.41, 5.74) is 5.49. The van der Waals surface area contributed by atoms with Crippen molar-refractivity contribution in [2.75, 3.05) is 0 Å². The minimum absolute atomic E-state index is 0.258. The zero-order valence-electron chi connectivity index (χ0n) is 10.6. The minimum atomic E-state index is -0.333. The van der Waals surface area contributed by atoms with E-state index >= 15 is 0 Å². The summed E-state index contributed by atoms with van der Waals surface area (Å²) in [5.74, 6) is 0.257. The Balaban J connectivity index is 1.74. The summed E-state index contributed by atoms with van der Waals surface area (Å²) < 4.78 is 5.66. The standard InChI is InChI=1S/C14H9ClN2O2S2/c15-8-1-4-10(5-2-8)20-12-6-3-9(19-12)7-11-13(18)17-14(16)21-11/h1-7H,(H2,16,17,18)/b11-7+. The number of furan rings is 1. The zero-order valence-corrected chi connectivity index (χ0v) is 13.0. The maximum atomic E-state index is 11.5. The molecule has 0 aliphatic carbocycles. The Kier molecular flexibility index (Phi) is 4.10. The minimum Gasteiger partial charge on any atom is -0.450 e. The Morgan fingerprint density at radius 3 is 2.67 bits per heavy atom. The third-order valence-corrected chi connectivity index (χ3v) is 4.54. The topological polar surface area (TPSA) is 68.6 Å². The number of amidine groups is 1. The lowest BCUT2D eigenvalue weighted by Gasteiger charge is -1.97. The molecule has 0 bridgehead atoms. The molecule has 3 rings (SSSR count). The van der Waals surface area contributed by atoms with Crippen LogP contribution in [0.2, 0.25) is 5.02 Å². The Hall–Kier alpha value is -1.63. The molecule has 0 spiro atoms. The first-order valence-electron chi connectivity index (χ1n) is 5.91. The molecular weight excluding hydrogens is 328 g/mol. The van der Waals surface area contributed by atoms with E-state index < -0.39 is 0 Å². The summed E-state index contributed by atoms with van der Waals surface area (Å²) in [4.78, 5) is 16.6. The van der Waals surface area contributed by atoms with E-state index in [9.17, 15) is 4.79 Å². The number of rotatable bonds is 3. The number of aliphatic imine (C=N–C) groups is 1. The predicted octanol–water partition coefficient (Wildman–Crippen LogP) is 4.01. The van der Waals surface area contributed by atoms with Crippen LogP contribution in [0.25, 0.3) is 6.08 Å². The van der Waals surface area contributed by atoms with Crippen molar-refractivity contribution in [1.82, 2.24) is 0 Å². The molecule has 0 saturated heterocycles. The Morgan fingerprint density at radius 1 is 1.24 bits per heavy atom. The average Bonchev–Trinajstić information content (AvgIpc) is 3.00. The van der Waals surface area contributed by atoms with Gasteiger partial charge in [0.1, 0.15) is 5.76 Å². The van der Waals surface area contributed by atoms with Crippen molar-refractivity contribution in [2.24, 2.45) is 10.7 Å². The van der Waals surface area contributed by atoms with Crippen molar-refractivity contribution < 1.29 is 9.21 Å². The number of nitrogens with zero attached hydrogens (tertiary/aromatic N) is 1. The third kappa shape index (κ3) is 3.53. The van der Waals surface area contributed by atoms with Gasteiger partial charge in [0.15, 0.2) is 10.3 Å². The molecule has 106 valence electrons.